The van der Waals surface area contributed by atoms with Crippen LogP contribution in [-0.4, -0.2) is 381 Å². The number of aliphatic hydroxyl groups excluding tert-OH is 4. The summed E-state index contributed by atoms with van der Waals surface area (Å²) in [4.78, 5) is 287. The van der Waals surface area contributed by atoms with Gasteiger partial charge in [-0.3, -0.25) is 98.9 Å². The summed E-state index contributed by atoms with van der Waals surface area (Å²) in [6.45, 7) is 28.6. The largest absolute Gasteiger partial charge is 0.541 e. The van der Waals surface area contributed by atoms with Gasteiger partial charge < -0.3 is 132 Å². The van der Waals surface area contributed by atoms with Crippen molar-refractivity contribution >= 4 is 131 Å². The number of hydrogen-bond acceptors (Lipinski definition) is 26. The molecule has 46 heteroatoms. The molecule has 0 aromatic heterocycles. The number of unbranched alkanes of at least 4 members (excludes halogenated alkanes) is 1. The fourth-order valence-electron chi connectivity index (χ4n) is 12.3. The van der Waals surface area contributed by atoms with E-state index in [0.29, 0.717) is 19.3 Å². The van der Waals surface area contributed by atoms with Crippen molar-refractivity contribution in [2.24, 2.45) is 11.8 Å². The van der Waals surface area contributed by atoms with Crippen molar-refractivity contribution in [3.05, 3.63) is 12.2 Å². The van der Waals surface area contributed by atoms with Crippen LogP contribution in [0.3, 0.4) is 0 Å². The zero-order chi connectivity index (χ0) is 98.4. The molecular weight excluding hydrogens is 1830 g/mol. The van der Waals surface area contributed by atoms with E-state index in [9.17, 15) is 126 Å². The van der Waals surface area contributed by atoms with Gasteiger partial charge in [0.15, 0.2) is 0 Å². The number of nitrogens with one attached hydrogen (secondary N) is 10. The Bertz CT molecular complexity index is 3830. The Kier molecular flexibility index (Phi) is 59.4. The molecule has 44 nitrogen and oxygen atoms in total. The molecule has 0 aliphatic rings. The fourth-order valence-corrected chi connectivity index (χ4v) is 12.3. The normalized spacial score (nSPS) is 16.6. The third-order valence-electron chi connectivity index (χ3n) is 21.9. The molecule has 128 heavy (non-hydrogen) atoms. The summed E-state index contributed by atoms with van der Waals surface area (Å²) in [7, 11) is 10.3. The van der Waals surface area contributed by atoms with Crippen molar-refractivity contribution in [3.63, 3.8) is 0 Å². The molecule has 18 amide bonds. The second-order valence-corrected chi connectivity index (χ2v) is 31.8. The zero-order valence-electron chi connectivity index (χ0n) is 78.8. The fraction of sp³-hybridized carbons (Fsp3) is 0.707. The van der Waals surface area contributed by atoms with Crippen LogP contribution in [0.15, 0.2) is 12.2 Å². The van der Waals surface area contributed by atoms with E-state index >= 15 is 0 Å². The van der Waals surface area contributed by atoms with E-state index in [4.69, 9.17) is 0 Å². The van der Waals surface area contributed by atoms with E-state index in [1.165, 1.54) is 193 Å². The van der Waals surface area contributed by atoms with E-state index < -0.39 is 264 Å². The number of carbonyl (C=O) groups excluding carboxylic acids is 22. The molecule has 0 aromatic carbocycles. The first-order valence-corrected chi connectivity index (χ1v) is 41.2. The van der Waals surface area contributed by atoms with Gasteiger partial charge in [0, 0.05) is 122 Å². The first-order chi connectivity index (χ1) is 58.3. The minimum Gasteiger partial charge on any atom is -0.541 e. The van der Waals surface area contributed by atoms with Crippen LogP contribution < -0.4 is 53.2 Å². The van der Waals surface area contributed by atoms with Gasteiger partial charge in [0.05, 0.1) is 36.5 Å². The summed E-state index contributed by atoms with van der Waals surface area (Å²) in [5.74, 6) is -14.9. The second-order valence-electron chi connectivity index (χ2n) is 31.8. The van der Waals surface area contributed by atoms with Crippen LogP contribution in [0.2, 0.25) is 0 Å². The molecule has 0 saturated carbocycles. The van der Waals surface area contributed by atoms with Crippen LogP contribution in [0.25, 0.3) is 0 Å². The van der Waals surface area contributed by atoms with Crippen LogP contribution in [-0.2, 0) is 171 Å². The zero-order valence-corrected chi connectivity index (χ0v) is 84.4. The van der Waals surface area contributed by atoms with E-state index in [-0.39, 0.29) is 65.4 Å². The predicted molar refractivity (Wildman–Crippen MR) is 456 cm³/mol. The molecule has 0 fully saturated rings. The number of hydrogen-bond donors (Lipinski definition) is 14. The molecule has 0 spiro atoms. The topological polar surface area (TPSA) is 603 Å². The summed E-state index contributed by atoms with van der Waals surface area (Å²) >= 11 is 0. The van der Waals surface area contributed by atoms with Gasteiger partial charge in [-0.15, -0.1) is 0 Å². The maximum Gasteiger partial charge on any atom is 0.246 e. The number of allylic oxidation sites excluding steroid dienone is 2. The third-order valence-corrected chi connectivity index (χ3v) is 21.9. The molecule has 24 unspecified atom stereocenters. The Morgan fingerprint density at radius 1 is 0.312 bits per heavy atom. The van der Waals surface area contributed by atoms with E-state index in [2.05, 4.69) is 53.2 Å². The Labute approximate surface area is 800 Å². The van der Waals surface area contributed by atoms with Crippen molar-refractivity contribution in [1.82, 2.24) is 92.4 Å². The van der Waals surface area contributed by atoms with Gasteiger partial charge in [-0.1, -0.05) is 58.6 Å². The van der Waals surface area contributed by atoms with Gasteiger partial charge in [0.1, 0.15) is 108 Å². The smallest absolute Gasteiger partial charge is 0.246 e. The average Bonchev–Trinajstić information content (AvgIpc) is 0.813. The predicted octanol–water partition coefficient (Wildman–Crippen LogP) is -6.16. The molecule has 0 aliphatic heterocycles. The van der Waals surface area contributed by atoms with Crippen LogP contribution in [0, 0.1) is 11.8 Å². The molecule has 2 radical (unpaired) electrons. The Morgan fingerprint density at radius 2 is 0.555 bits per heavy atom. The molecule has 0 aromatic rings. The summed E-state index contributed by atoms with van der Waals surface area (Å²) in [6, 6.07) is -22.4. The summed E-state index contributed by atoms with van der Waals surface area (Å²) in [5, 5.41) is 66.9. The van der Waals surface area contributed by atoms with Gasteiger partial charge in [-0.2, -0.15) is 12.8 Å². The van der Waals surface area contributed by atoms with Crippen LogP contribution >= 0.6 is 0 Å². The Hall–Kier alpha value is -9.07. The number of carbonyl (C=O) groups is 18. The molecule has 0 saturated heterocycles. The molecule has 14 N–H and O–H groups in total. The molecular formula is C82H136N18O26Y2-4. The number of aliphatic hydroxyl groups is 4. The standard InChI is InChI=1S/C41H69N9O13.C41H67N9O13.2Y/c2*1-15-16-17-21(2)33(55)32(37(59)46-31(29(10)53)30(54)18-19-51)50(14)41(63)28(9)49(13)40(62)25(6)45-36(58)27(8)48(12)39(61)24(5)44-34(56)22(3)43-35(57)26(7)47(11)38(60)23(4)42-20-52;;/h21-29,31-33,53,55H,15-18H2,1-14H3,(H,42,52)(H,43,57)(H,44,56)(H,45,58)(H,46,59);15-16,21-29,31-33,53,55H,17-18H2,1-14H3,(H,42,52)(H,43,57)(H,44,56)(H,45,58)(H,46,59);;/q2*-2;;/b;16-15-;;. The summed E-state index contributed by atoms with van der Waals surface area (Å²) in [6.07, 6.45) is 4.06. The minimum atomic E-state index is -1.63. The number of nitrogens with zero attached hydrogens (tertiary/aromatic N) is 8. The van der Waals surface area contributed by atoms with Gasteiger partial charge in [0.2, 0.25) is 94.5 Å². The maximum absolute atomic E-state index is 13.9. The molecule has 0 heterocycles. The molecule has 720 valence electrons. The third kappa shape index (κ3) is 38.2. The number of likely N-dealkylation sites (N-methyl/N-ethyl adjacent to an activating group) is 8. The summed E-state index contributed by atoms with van der Waals surface area (Å²) in [5.41, 5.74) is 0. The van der Waals surface area contributed by atoms with Crippen molar-refractivity contribution in [2.75, 3.05) is 56.4 Å². The SMILES string of the molecule is C/C=C\CC(C)C(O)C(C(=O)NC(C(=O)C[C-]=O)C(C)O)N(C)C(=O)C(C)N(C)C(=O)C(C)NC(=O)C(C)N(C)C(=O)C(C)NC(=O)C(C)NC(=O)C(C)N(C)C(=O)C(C)N[C-]=O.CCCCC(C)C(O)C(C(=O)NC(C(=O)C[C-]=O)C(C)O)N(C)C(=O)C(C)N(C)C(=O)C(C)NC(=O)C(C)N(C)C(=O)C(C)NC(=O)C(C)NC(=O)C(C)N(C)C(=O)C(C)N[C-]=O.[Y].[Y]. The minimum absolute atomic E-state index is 0. The quantitative estimate of drug-likeness (QED) is 0.0117. The number of Topliss-reactive ketones (excluding diaryl/α,β-unsaturated/α-hetero) is 2. The van der Waals surface area contributed by atoms with Gasteiger partial charge in [-0.05, 0) is 142 Å². The summed E-state index contributed by atoms with van der Waals surface area (Å²) < 4.78 is 0. The van der Waals surface area contributed by atoms with Gasteiger partial charge in [-0.25, -0.2) is 0 Å². The average molecular weight is 1970 g/mol. The van der Waals surface area contributed by atoms with Crippen LogP contribution in [0.1, 0.15) is 177 Å². The molecule has 0 rings (SSSR count). The van der Waals surface area contributed by atoms with Crippen molar-refractivity contribution in [2.45, 2.75) is 310 Å². The van der Waals surface area contributed by atoms with Crippen LogP contribution in [0.4, 0.5) is 0 Å². The van der Waals surface area contributed by atoms with E-state index in [1.807, 2.05) is 6.92 Å². The van der Waals surface area contributed by atoms with E-state index in [0.717, 1.165) is 45.6 Å². The second kappa shape index (κ2) is 60.7. The molecule has 24 atom stereocenters. The van der Waals surface area contributed by atoms with Crippen molar-refractivity contribution in [3.8, 4) is 0 Å². The monoisotopic (exact) mass is 1970 g/mol. The Morgan fingerprint density at radius 3 is 0.797 bits per heavy atom. The van der Waals surface area contributed by atoms with E-state index in [1.54, 1.807) is 32.9 Å². The first kappa shape index (κ1) is 125. The number of rotatable bonds is 53. The van der Waals surface area contributed by atoms with Crippen LogP contribution in [0.5, 0.6) is 0 Å². The van der Waals surface area contributed by atoms with Gasteiger partial charge in [0.25, 0.3) is 0 Å². The van der Waals surface area contributed by atoms with Crippen molar-refractivity contribution in [1.29, 1.82) is 0 Å². The Balaban J connectivity index is -0.00000118. The maximum atomic E-state index is 13.9. The molecule has 0 bridgehead atoms. The first-order valence-electron chi connectivity index (χ1n) is 41.2. The number of amides is 18. The number of ketones is 2. The van der Waals surface area contributed by atoms with Gasteiger partial charge >= 0.3 is 0 Å². The molecule has 0 aliphatic carbocycles. The van der Waals surface area contributed by atoms with Crippen molar-refractivity contribution < 1.29 is 191 Å².